The Labute approximate surface area is 229 Å². The number of aromatic nitrogens is 3. The fourth-order valence-electron chi connectivity index (χ4n) is 6.83. The van der Waals surface area contributed by atoms with Crippen LogP contribution in [-0.4, -0.2) is 68.4 Å². The molecule has 2 saturated heterocycles. The first-order valence-corrected chi connectivity index (χ1v) is 13.9. The molecule has 0 radical (unpaired) electrons. The molecule has 1 aromatic carbocycles. The van der Waals surface area contributed by atoms with Crippen LogP contribution < -0.4 is 9.80 Å². The lowest BCUT2D eigenvalue weighted by atomic mass is 9.70. The number of nitrogens with zero attached hydrogens (tertiary/aromatic N) is 5. The molecule has 2 amide bonds. The number of piperidine rings is 1. The predicted octanol–water partition coefficient (Wildman–Crippen LogP) is 2.57. The summed E-state index contributed by atoms with van der Waals surface area (Å²) in [6.07, 6.45) is 6.34. The molecule has 4 heterocycles. The Morgan fingerprint density at radius 2 is 2.08 bits per heavy atom. The van der Waals surface area contributed by atoms with Crippen molar-refractivity contribution in [3.63, 3.8) is 0 Å². The van der Waals surface area contributed by atoms with E-state index < -0.39 is 17.3 Å². The standard InChI is InChI=1S/C29H39N5O5/c1-5-13-34-23-10-9-21(33-14-7-6-8-25(33)36)17-22(23)29(27(34)37)19(2)26(28(3,4)38)24(39-29)11-15-32-18-20(12-16-35)30-31-32/h5,9-10,17-19,24,26,35,38H,1,6-8,11-16H2,2-4H3/t19-,24+,26-,29+/m1/s1. The first-order valence-electron chi connectivity index (χ1n) is 13.9. The minimum atomic E-state index is -1.30. The average Bonchev–Trinajstić information content (AvgIpc) is 3.53. The van der Waals surface area contributed by atoms with Crippen LogP contribution in [0.4, 0.5) is 11.4 Å². The van der Waals surface area contributed by atoms with Crippen molar-refractivity contribution in [2.24, 2.45) is 11.8 Å². The topological polar surface area (TPSA) is 121 Å². The molecule has 39 heavy (non-hydrogen) atoms. The summed E-state index contributed by atoms with van der Waals surface area (Å²) in [5.41, 5.74) is 0.538. The Kier molecular flexibility index (Phi) is 7.39. The Morgan fingerprint density at radius 3 is 2.77 bits per heavy atom. The molecule has 0 unspecified atom stereocenters. The number of aliphatic hydroxyl groups excluding tert-OH is 1. The molecule has 0 aliphatic carbocycles. The third kappa shape index (κ3) is 4.68. The number of aryl methyl sites for hydroxylation is 1. The number of ether oxygens (including phenoxy) is 1. The zero-order valence-electron chi connectivity index (χ0n) is 23.0. The summed E-state index contributed by atoms with van der Waals surface area (Å²) in [7, 11) is 0. The van der Waals surface area contributed by atoms with Gasteiger partial charge in [-0.3, -0.25) is 14.3 Å². The van der Waals surface area contributed by atoms with Crippen molar-refractivity contribution in [1.29, 1.82) is 0 Å². The van der Waals surface area contributed by atoms with Crippen molar-refractivity contribution in [1.82, 2.24) is 15.0 Å². The van der Waals surface area contributed by atoms with Crippen LogP contribution in [0, 0.1) is 11.8 Å². The van der Waals surface area contributed by atoms with Gasteiger partial charge in [0.2, 0.25) is 5.91 Å². The van der Waals surface area contributed by atoms with E-state index >= 15 is 0 Å². The number of anilines is 2. The fraction of sp³-hybridized carbons (Fsp3) is 0.586. The number of amides is 2. The molecule has 10 nitrogen and oxygen atoms in total. The molecule has 2 N–H and O–H groups in total. The molecule has 0 bridgehead atoms. The highest BCUT2D eigenvalue weighted by molar-refractivity contribution is 6.08. The van der Waals surface area contributed by atoms with Gasteiger partial charge in [-0.15, -0.1) is 11.7 Å². The minimum Gasteiger partial charge on any atom is -0.396 e. The SMILES string of the molecule is C=CCN1C(=O)[C@@]2(O[C@@H](CCn3cc(CCO)nn3)[C@H](C(C)(C)O)[C@H]2C)c2cc(N3CCCCC3=O)ccc21. The van der Waals surface area contributed by atoms with E-state index in [4.69, 9.17) is 4.74 Å². The second-order valence-corrected chi connectivity index (χ2v) is 11.5. The maximum atomic E-state index is 14.2. The summed E-state index contributed by atoms with van der Waals surface area (Å²) in [5.74, 6) is -0.784. The maximum Gasteiger partial charge on any atom is 0.264 e. The quantitative estimate of drug-likeness (QED) is 0.472. The highest BCUT2D eigenvalue weighted by Crippen LogP contribution is 2.58. The van der Waals surface area contributed by atoms with Crippen LogP contribution >= 0.6 is 0 Å². The van der Waals surface area contributed by atoms with E-state index in [1.807, 2.05) is 25.1 Å². The van der Waals surface area contributed by atoms with Crippen LogP contribution in [0.1, 0.15) is 57.7 Å². The minimum absolute atomic E-state index is 0.00101. The van der Waals surface area contributed by atoms with E-state index in [-0.39, 0.29) is 30.3 Å². The van der Waals surface area contributed by atoms with Crippen molar-refractivity contribution in [2.45, 2.75) is 76.7 Å². The maximum absolute atomic E-state index is 14.2. The predicted molar refractivity (Wildman–Crippen MR) is 146 cm³/mol. The summed E-state index contributed by atoms with van der Waals surface area (Å²) in [5, 5.41) is 28.8. The van der Waals surface area contributed by atoms with Gasteiger partial charge in [-0.1, -0.05) is 18.2 Å². The van der Waals surface area contributed by atoms with Gasteiger partial charge in [-0.2, -0.15) is 0 Å². The molecule has 1 aromatic heterocycles. The molecule has 0 saturated carbocycles. The van der Waals surface area contributed by atoms with Gasteiger partial charge >= 0.3 is 0 Å². The van der Waals surface area contributed by atoms with Gasteiger partial charge in [0, 0.05) is 68.4 Å². The highest BCUT2D eigenvalue weighted by Gasteiger charge is 2.65. The number of carbonyl (C=O) groups is 2. The number of aliphatic hydroxyl groups is 2. The summed E-state index contributed by atoms with van der Waals surface area (Å²) >= 11 is 0. The molecule has 5 rings (SSSR count). The Bertz CT molecular complexity index is 1250. The van der Waals surface area contributed by atoms with Crippen LogP contribution in [0.3, 0.4) is 0 Å². The average molecular weight is 538 g/mol. The zero-order valence-corrected chi connectivity index (χ0v) is 23.0. The molecule has 3 aliphatic rings. The number of hydrogen-bond donors (Lipinski definition) is 2. The van der Waals surface area contributed by atoms with Gasteiger partial charge in [-0.25, -0.2) is 0 Å². The van der Waals surface area contributed by atoms with Gasteiger partial charge in [0.05, 0.1) is 23.1 Å². The normalized spacial score (nSPS) is 27.1. The van der Waals surface area contributed by atoms with Crippen molar-refractivity contribution in [3.05, 3.63) is 48.3 Å². The number of carbonyl (C=O) groups excluding carboxylic acids is 2. The van der Waals surface area contributed by atoms with E-state index in [2.05, 4.69) is 16.9 Å². The second kappa shape index (κ2) is 10.5. The molecule has 1 spiro atoms. The Morgan fingerprint density at radius 1 is 1.28 bits per heavy atom. The van der Waals surface area contributed by atoms with E-state index in [0.717, 1.165) is 29.8 Å². The van der Waals surface area contributed by atoms with Gasteiger partial charge in [-0.05, 0) is 51.3 Å². The molecule has 2 fully saturated rings. The van der Waals surface area contributed by atoms with Gasteiger partial charge in [0.25, 0.3) is 5.91 Å². The van der Waals surface area contributed by atoms with Crippen molar-refractivity contribution in [3.8, 4) is 0 Å². The van der Waals surface area contributed by atoms with Crippen molar-refractivity contribution in [2.75, 3.05) is 29.5 Å². The molecule has 4 atom stereocenters. The van der Waals surface area contributed by atoms with Crippen LogP contribution in [0.25, 0.3) is 0 Å². The van der Waals surface area contributed by atoms with Crippen LogP contribution in [0.15, 0.2) is 37.1 Å². The monoisotopic (exact) mass is 537 g/mol. The van der Waals surface area contributed by atoms with E-state index in [1.165, 1.54) is 0 Å². The molecule has 3 aliphatic heterocycles. The Hall–Kier alpha value is -3.08. The highest BCUT2D eigenvalue weighted by atomic mass is 16.5. The summed E-state index contributed by atoms with van der Waals surface area (Å²) in [6, 6.07) is 5.76. The molecule has 10 heteroatoms. The summed E-state index contributed by atoms with van der Waals surface area (Å²) in [4.78, 5) is 30.5. The van der Waals surface area contributed by atoms with Crippen molar-refractivity contribution >= 4 is 23.2 Å². The third-order valence-corrected chi connectivity index (χ3v) is 8.51. The smallest absolute Gasteiger partial charge is 0.264 e. The summed E-state index contributed by atoms with van der Waals surface area (Å²) < 4.78 is 8.54. The largest absolute Gasteiger partial charge is 0.396 e. The molecule has 210 valence electrons. The number of fused-ring (bicyclic) bond motifs is 2. The van der Waals surface area contributed by atoms with Crippen LogP contribution in [-0.2, 0) is 32.9 Å². The van der Waals surface area contributed by atoms with Gasteiger partial charge in [0.1, 0.15) is 0 Å². The van der Waals surface area contributed by atoms with E-state index in [1.54, 1.807) is 40.6 Å². The van der Waals surface area contributed by atoms with Crippen LogP contribution in [0.5, 0.6) is 0 Å². The number of hydrogen-bond acceptors (Lipinski definition) is 7. The molecular weight excluding hydrogens is 498 g/mol. The first kappa shape index (κ1) is 27.5. The summed E-state index contributed by atoms with van der Waals surface area (Å²) in [6.45, 7) is 10.8. The first-order chi connectivity index (χ1) is 18.6. The van der Waals surface area contributed by atoms with Crippen molar-refractivity contribution < 1.29 is 24.5 Å². The lowest BCUT2D eigenvalue weighted by molar-refractivity contribution is -0.146. The lowest BCUT2D eigenvalue weighted by Gasteiger charge is -2.34. The van der Waals surface area contributed by atoms with Gasteiger partial charge in [0.15, 0.2) is 5.60 Å². The van der Waals surface area contributed by atoms with E-state index in [9.17, 15) is 19.8 Å². The third-order valence-electron chi connectivity index (χ3n) is 8.51. The second-order valence-electron chi connectivity index (χ2n) is 11.5. The van der Waals surface area contributed by atoms with E-state index in [0.29, 0.717) is 44.6 Å². The van der Waals surface area contributed by atoms with Gasteiger partial charge < -0.3 is 24.7 Å². The van der Waals surface area contributed by atoms with Crippen LogP contribution in [0.2, 0.25) is 0 Å². The molecular formula is C29H39N5O5. The number of benzene rings is 1. The number of rotatable bonds is 9. The zero-order chi connectivity index (χ0) is 27.9. The fourth-order valence-corrected chi connectivity index (χ4v) is 6.83. The molecule has 2 aromatic rings. The lowest BCUT2D eigenvalue weighted by Crippen LogP contribution is -2.46. The Balaban J connectivity index is 1.53.